The third kappa shape index (κ3) is 6.00. The topological polar surface area (TPSA) is 38.8 Å². The first kappa shape index (κ1) is 22.1. The Balaban J connectivity index is 1.26. The molecule has 0 aliphatic carbocycles. The highest BCUT2D eigenvalue weighted by atomic mass is 35.5. The zero-order valence-corrected chi connectivity index (χ0v) is 19.2. The van der Waals surface area contributed by atoms with Gasteiger partial charge in [0.2, 0.25) is 5.91 Å². The first-order chi connectivity index (χ1) is 15.1. The molecule has 2 aromatic rings. The van der Waals surface area contributed by atoms with Gasteiger partial charge in [-0.15, -0.1) is 0 Å². The number of halogens is 1. The number of nitrogens with one attached hydrogen (secondary N) is 1. The summed E-state index contributed by atoms with van der Waals surface area (Å²) in [6, 6.07) is 16.6. The molecule has 2 heterocycles. The maximum absolute atomic E-state index is 12.8. The van der Waals surface area contributed by atoms with E-state index in [9.17, 15) is 4.79 Å². The predicted molar refractivity (Wildman–Crippen MR) is 127 cm³/mol. The Morgan fingerprint density at radius 2 is 1.77 bits per heavy atom. The summed E-state index contributed by atoms with van der Waals surface area (Å²) < 4.78 is 0. The van der Waals surface area contributed by atoms with Crippen LogP contribution in [-0.4, -0.2) is 62.0 Å². The summed E-state index contributed by atoms with van der Waals surface area (Å²) in [4.78, 5) is 19.9. The van der Waals surface area contributed by atoms with E-state index >= 15 is 0 Å². The Kier molecular flexibility index (Phi) is 7.49. The molecule has 2 fully saturated rings. The van der Waals surface area contributed by atoms with Crippen LogP contribution in [-0.2, 0) is 17.9 Å². The summed E-state index contributed by atoms with van der Waals surface area (Å²) in [6.07, 6.45) is 2.00. The highest BCUT2D eigenvalue weighted by Gasteiger charge is 2.26. The minimum atomic E-state index is 0.0425. The SMILES string of the molecule is CN1CCN(c2ccc(CNC(=O)C3CCCN(Cc4ccccc4Cl)C3)cc2)CC1. The lowest BCUT2D eigenvalue weighted by Gasteiger charge is -2.34. The van der Waals surface area contributed by atoms with Gasteiger partial charge in [-0.2, -0.15) is 0 Å². The summed E-state index contributed by atoms with van der Waals surface area (Å²) in [5.74, 6) is 0.202. The number of carbonyl (C=O) groups is 1. The van der Waals surface area contributed by atoms with Crippen LogP contribution in [0.4, 0.5) is 5.69 Å². The highest BCUT2D eigenvalue weighted by molar-refractivity contribution is 6.31. The Morgan fingerprint density at radius 1 is 1.03 bits per heavy atom. The maximum atomic E-state index is 12.8. The number of carbonyl (C=O) groups excluding carboxylic acids is 1. The van der Waals surface area contributed by atoms with Crippen molar-refractivity contribution in [2.75, 3.05) is 51.2 Å². The number of piperidine rings is 1. The molecule has 2 aliphatic rings. The number of anilines is 1. The lowest BCUT2D eigenvalue weighted by molar-refractivity contribution is -0.126. The molecule has 1 atom stereocenters. The zero-order valence-electron chi connectivity index (χ0n) is 18.4. The molecule has 4 rings (SSSR count). The smallest absolute Gasteiger partial charge is 0.224 e. The average molecular weight is 441 g/mol. The van der Waals surface area contributed by atoms with Crippen molar-refractivity contribution in [2.45, 2.75) is 25.9 Å². The second-order valence-electron chi connectivity index (χ2n) is 8.84. The predicted octanol–water partition coefficient (Wildman–Crippen LogP) is 3.62. The molecule has 5 nitrogen and oxygen atoms in total. The number of likely N-dealkylation sites (tertiary alicyclic amines) is 1. The van der Waals surface area contributed by atoms with E-state index < -0.39 is 0 Å². The number of amides is 1. The number of hydrogen-bond donors (Lipinski definition) is 1. The molecule has 0 saturated carbocycles. The summed E-state index contributed by atoms with van der Waals surface area (Å²) >= 11 is 6.32. The van der Waals surface area contributed by atoms with Gasteiger partial charge in [0.15, 0.2) is 0 Å². The number of hydrogen-bond acceptors (Lipinski definition) is 4. The zero-order chi connectivity index (χ0) is 21.6. The standard InChI is InChI=1S/C25H33ClN4O/c1-28-13-15-30(16-14-28)23-10-8-20(9-11-23)17-27-25(31)22-6-4-12-29(19-22)18-21-5-2-3-7-24(21)26/h2-3,5,7-11,22H,4,6,12-19H2,1H3,(H,27,31). The van der Waals surface area contributed by atoms with Gasteiger partial charge < -0.3 is 15.1 Å². The first-order valence-corrected chi connectivity index (χ1v) is 11.7. The summed E-state index contributed by atoms with van der Waals surface area (Å²) in [5, 5.41) is 3.96. The molecule has 0 radical (unpaired) electrons. The van der Waals surface area contributed by atoms with Crippen molar-refractivity contribution in [1.82, 2.24) is 15.1 Å². The number of benzene rings is 2. The van der Waals surface area contributed by atoms with Gasteiger partial charge in [-0.1, -0.05) is 41.9 Å². The van der Waals surface area contributed by atoms with E-state index in [1.807, 2.05) is 18.2 Å². The molecule has 1 N–H and O–H groups in total. The van der Waals surface area contributed by atoms with Crippen LogP contribution < -0.4 is 10.2 Å². The van der Waals surface area contributed by atoms with E-state index in [2.05, 4.69) is 57.4 Å². The second-order valence-corrected chi connectivity index (χ2v) is 9.25. The highest BCUT2D eigenvalue weighted by Crippen LogP contribution is 2.22. The van der Waals surface area contributed by atoms with Crippen LogP contribution in [0.1, 0.15) is 24.0 Å². The first-order valence-electron chi connectivity index (χ1n) is 11.3. The molecule has 0 spiro atoms. The van der Waals surface area contributed by atoms with Crippen LogP contribution in [0.3, 0.4) is 0 Å². The molecule has 1 unspecified atom stereocenters. The van der Waals surface area contributed by atoms with Crippen LogP contribution in [0.15, 0.2) is 48.5 Å². The molecule has 2 saturated heterocycles. The van der Waals surface area contributed by atoms with Gasteiger partial charge in [-0.05, 0) is 55.8 Å². The minimum absolute atomic E-state index is 0.0425. The third-order valence-electron chi connectivity index (χ3n) is 6.50. The van der Waals surface area contributed by atoms with Crippen LogP contribution in [0.2, 0.25) is 5.02 Å². The summed E-state index contributed by atoms with van der Waals surface area (Å²) in [6.45, 7) is 7.54. The fraction of sp³-hybridized carbons (Fsp3) is 0.480. The van der Waals surface area contributed by atoms with Crippen molar-refractivity contribution in [3.8, 4) is 0 Å². The van der Waals surface area contributed by atoms with Gasteiger partial charge in [-0.3, -0.25) is 9.69 Å². The second kappa shape index (κ2) is 10.5. The molecule has 0 bridgehead atoms. The van der Waals surface area contributed by atoms with E-state index in [0.717, 1.165) is 74.8 Å². The molecule has 31 heavy (non-hydrogen) atoms. The normalized spacial score (nSPS) is 20.6. The molecule has 6 heteroatoms. The van der Waals surface area contributed by atoms with Crippen LogP contribution in [0.5, 0.6) is 0 Å². The van der Waals surface area contributed by atoms with Crippen LogP contribution >= 0.6 is 11.6 Å². The Bertz CT molecular complexity index is 864. The largest absolute Gasteiger partial charge is 0.369 e. The van der Waals surface area contributed by atoms with E-state index in [0.29, 0.717) is 6.54 Å². The van der Waals surface area contributed by atoms with E-state index in [1.165, 1.54) is 5.69 Å². The lowest BCUT2D eigenvalue weighted by Crippen LogP contribution is -2.44. The van der Waals surface area contributed by atoms with Crippen molar-refractivity contribution >= 4 is 23.2 Å². The minimum Gasteiger partial charge on any atom is -0.369 e. The Morgan fingerprint density at radius 3 is 2.52 bits per heavy atom. The number of rotatable bonds is 6. The lowest BCUT2D eigenvalue weighted by atomic mass is 9.96. The third-order valence-corrected chi connectivity index (χ3v) is 6.87. The van der Waals surface area contributed by atoms with Crippen LogP contribution in [0.25, 0.3) is 0 Å². The van der Waals surface area contributed by atoms with Gasteiger partial charge in [0.05, 0.1) is 5.92 Å². The van der Waals surface area contributed by atoms with Gasteiger partial charge >= 0.3 is 0 Å². The van der Waals surface area contributed by atoms with Crippen LogP contribution in [0, 0.1) is 5.92 Å². The molecular weight excluding hydrogens is 408 g/mol. The van der Waals surface area contributed by atoms with Gasteiger partial charge in [0.25, 0.3) is 0 Å². The molecule has 1 amide bonds. The Labute approximate surface area is 191 Å². The molecule has 2 aliphatic heterocycles. The van der Waals surface area contributed by atoms with E-state index in [-0.39, 0.29) is 11.8 Å². The quantitative estimate of drug-likeness (QED) is 0.744. The molecular formula is C25H33ClN4O. The Hall–Kier alpha value is -2.08. The van der Waals surface area contributed by atoms with Crippen molar-refractivity contribution in [2.24, 2.45) is 5.92 Å². The molecule has 166 valence electrons. The van der Waals surface area contributed by atoms with E-state index in [1.54, 1.807) is 0 Å². The maximum Gasteiger partial charge on any atom is 0.224 e. The van der Waals surface area contributed by atoms with E-state index in [4.69, 9.17) is 11.6 Å². The van der Waals surface area contributed by atoms with Gasteiger partial charge in [0.1, 0.15) is 0 Å². The van der Waals surface area contributed by atoms with Gasteiger partial charge in [0, 0.05) is 56.5 Å². The monoisotopic (exact) mass is 440 g/mol. The molecule has 2 aromatic carbocycles. The number of likely N-dealkylation sites (N-methyl/N-ethyl adjacent to an activating group) is 1. The van der Waals surface area contributed by atoms with Crippen molar-refractivity contribution in [1.29, 1.82) is 0 Å². The fourth-order valence-electron chi connectivity index (χ4n) is 4.50. The van der Waals surface area contributed by atoms with Gasteiger partial charge in [-0.25, -0.2) is 0 Å². The van der Waals surface area contributed by atoms with Crippen molar-refractivity contribution < 1.29 is 4.79 Å². The number of nitrogens with zero attached hydrogens (tertiary/aromatic N) is 3. The molecule has 0 aromatic heterocycles. The van der Waals surface area contributed by atoms with Crippen molar-refractivity contribution in [3.05, 3.63) is 64.7 Å². The van der Waals surface area contributed by atoms with Crippen molar-refractivity contribution in [3.63, 3.8) is 0 Å². The summed E-state index contributed by atoms with van der Waals surface area (Å²) in [7, 11) is 2.17. The number of piperazine rings is 1. The summed E-state index contributed by atoms with van der Waals surface area (Å²) in [5.41, 5.74) is 3.55. The fourth-order valence-corrected chi connectivity index (χ4v) is 4.70. The average Bonchev–Trinajstić information content (AvgIpc) is 2.80.